The fraction of sp³-hybridized carbons (Fsp3) is 0.200. The van der Waals surface area contributed by atoms with Gasteiger partial charge in [0.15, 0.2) is 0 Å². The Kier molecular flexibility index (Phi) is 6.92. The van der Waals surface area contributed by atoms with E-state index in [-0.39, 0.29) is 0 Å². The number of aliphatic hydroxyl groups excluding tert-OH is 1. The summed E-state index contributed by atoms with van der Waals surface area (Å²) in [4.78, 5) is 21.7. The molecule has 0 fully saturated rings. The van der Waals surface area contributed by atoms with Gasteiger partial charge in [0.2, 0.25) is 0 Å². The summed E-state index contributed by atoms with van der Waals surface area (Å²) in [5.41, 5.74) is 0.0325. The quantitative estimate of drug-likeness (QED) is 0.553. The number of rotatable bonds is 3. The molecule has 2 aromatic carbocycles. The highest BCUT2D eigenvalue weighted by molar-refractivity contribution is 7.38. The van der Waals surface area contributed by atoms with E-state index in [9.17, 15) is 10.2 Å². The van der Waals surface area contributed by atoms with E-state index in [0.717, 1.165) is 0 Å². The molecule has 114 valence electrons. The molecule has 5 nitrogen and oxygen atoms in total. The summed E-state index contributed by atoms with van der Waals surface area (Å²) in [5.74, 6) is 0. The number of aliphatic hydroxyl groups is 2. The molecule has 2 rings (SSSR count). The monoisotopic (exact) mass is 310 g/mol. The summed E-state index contributed by atoms with van der Waals surface area (Å²) in [6.07, 6.45) is -0.882. The maximum absolute atomic E-state index is 10.8. The van der Waals surface area contributed by atoms with E-state index in [2.05, 4.69) is 0 Å². The van der Waals surface area contributed by atoms with Gasteiger partial charge in [0, 0.05) is 0 Å². The van der Waals surface area contributed by atoms with Gasteiger partial charge in [0.25, 0.3) is 0 Å². The zero-order chi connectivity index (χ0) is 15.9. The molecule has 5 N–H and O–H groups in total. The Labute approximate surface area is 124 Å². The molecule has 21 heavy (non-hydrogen) atoms. The highest BCUT2D eigenvalue weighted by Crippen LogP contribution is 2.32. The Balaban J connectivity index is 0.000000491. The van der Waals surface area contributed by atoms with E-state index in [1.54, 1.807) is 6.92 Å². The SMILES string of the molecule is CC(O)C(O)(c1ccccc1)c1ccccc1.OP(O)O. The van der Waals surface area contributed by atoms with Gasteiger partial charge in [-0.15, -0.1) is 0 Å². The minimum Gasteiger partial charge on any atom is -0.390 e. The van der Waals surface area contributed by atoms with Crippen molar-refractivity contribution in [1.29, 1.82) is 0 Å². The molecule has 1 unspecified atom stereocenters. The maximum Gasteiger partial charge on any atom is 0.324 e. The first kappa shape index (κ1) is 17.7. The Bertz CT molecular complexity index is 474. The Morgan fingerprint density at radius 1 is 0.810 bits per heavy atom. The van der Waals surface area contributed by atoms with Crippen molar-refractivity contribution in [2.75, 3.05) is 0 Å². The number of hydrogen-bond acceptors (Lipinski definition) is 5. The van der Waals surface area contributed by atoms with Crippen molar-refractivity contribution in [2.45, 2.75) is 18.6 Å². The van der Waals surface area contributed by atoms with Crippen LogP contribution in [-0.2, 0) is 5.60 Å². The molecule has 0 aliphatic carbocycles. The average molecular weight is 310 g/mol. The second-order valence-corrected chi connectivity index (χ2v) is 4.98. The molecule has 6 heteroatoms. The molecule has 0 spiro atoms. The van der Waals surface area contributed by atoms with Gasteiger partial charge in [-0.3, -0.25) is 0 Å². The minimum absolute atomic E-state index is 0.696. The smallest absolute Gasteiger partial charge is 0.324 e. The van der Waals surface area contributed by atoms with Crippen molar-refractivity contribution in [2.24, 2.45) is 0 Å². The molecule has 0 aliphatic heterocycles. The van der Waals surface area contributed by atoms with Crippen molar-refractivity contribution >= 4 is 8.60 Å². The van der Waals surface area contributed by atoms with Crippen LogP contribution in [0.15, 0.2) is 60.7 Å². The van der Waals surface area contributed by atoms with Crippen molar-refractivity contribution < 1.29 is 24.9 Å². The standard InChI is InChI=1S/C15H16O2.H3O3P/c1-12(16)15(17,13-8-4-2-5-9-13)14-10-6-3-7-11-14;1-4(2)3/h2-12,16-17H,1H3;1-3H. The largest absolute Gasteiger partial charge is 0.390 e. The molecule has 2 aromatic rings. The van der Waals surface area contributed by atoms with Crippen LogP contribution in [-0.4, -0.2) is 31.0 Å². The molecule has 0 bridgehead atoms. The first-order valence-electron chi connectivity index (χ1n) is 6.27. The first-order chi connectivity index (χ1) is 9.89. The second-order valence-electron chi connectivity index (χ2n) is 4.44. The zero-order valence-corrected chi connectivity index (χ0v) is 12.4. The van der Waals surface area contributed by atoms with Gasteiger partial charge in [-0.05, 0) is 18.1 Å². The van der Waals surface area contributed by atoms with Crippen LogP contribution >= 0.6 is 8.60 Å². The van der Waals surface area contributed by atoms with Crippen molar-refractivity contribution in [3.05, 3.63) is 71.8 Å². The van der Waals surface area contributed by atoms with E-state index >= 15 is 0 Å². The predicted octanol–water partition coefficient (Wildman–Crippen LogP) is 1.49. The number of benzene rings is 2. The van der Waals surface area contributed by atoms with Gasteiger partial charge < -0.3 is 24.9 Å². The van der Waals surface area contributed by atoms with E-state index in [1.807, 2.05) is 60.7 Å². The van der Waals surface area contributed by atoms with Crippen LogP contribution in [0.2, 0.25) is 0 Å². The Morgan fingerprint density at radius 2 is 1.10 bits per heavy atom. The topological polar surface area (TPSA) is 101 Å². The van der Waals surface area contributed by atoms with Gasteiger partial charge in [-0.25, -0.2) is 0 Å². The summed E-state index contributed by atoms with van der Waals surface area (Å²) >= 11 is 0. The zero-order valence-electron chi connectivity index (χ0n) is 11.5. The summed E-state index contributed by atoms with van der Waals surface area (Å²) in [7, 11) is -2.62. The molecule has 0 amide bonds. The molecular formula is C15H19O5P. The molecule has 0 aliphatic rings. The van der Waals surface area contributed by atoms with Gasteiger partial charge in [0.05, 0.1) is 6.10 Å². The van der Waals surface area contributed by atoms with E-state index < -0.39 is 20.3 Å². The average Bonchev–Trinajstić information content (AvgIpc) is 2.47. The van der Waals surface area contributed by atoms with Crippen LogP contribution in [0.1, 0.15) is 18.1 Å². The molecule has 0 saturated heterocycles. The lowest BCUT2D eigenvalue weighted by Gasteiger charge is -2.32. The highest BCUT2D eigenvalue weighted by Gasteiger charge is 2.36. The third-order valence-electron chi connectivity index (χ3n) is 3.03. The minimum atomic E-state index is -2.62. The van der Waals surface area contributed by atoms with Crippen LogP contribution in [0.3, 0.4) is 0 Å². The van der Waals surface area contributed by atoms with Crippen LogP contribution < -0.4 is 0 Å². The first-order valence-corrected chi connectivity index (χ1v) is 7.47. The lowest BCUT2D eigenvalue weighted by atomic mass is 9.82. The predicted molar refractivity (Wildman–Crippen MR) is 81.1 cm³/mol. The lowest BCUT2D eigenvalue weighted by Crippen LogP contribution is -2.38. The van der Waals surface area contributed by atoms with Gasteiger partial charge in [-0.2, -0.15) is 0 Å². The van der Waals surface area contributed by atoms with Crippen LogP contribution in [0.5, 0.6) is 0 Å². The molecule has 1 atom stereocenters. The third-order valence-corrected chi connectivity index (χ3v) is 3.03. The molecule has 0 radical (unpaired) electrons. The molecular weight excluding hydrogens is 291 g/mol. The van der Waals surface area contributed by atoms with Gasteiger partial charge in [0.1, 0.15) is 5.60 Å². The fourth-order valence-corrected chi connectivity index (χ4v) is 2.03. The third kappa shape index (κ3) is 4.86. The Hall–Kier alpha value is -1.33. The molecule has 0 heterocycles. The summed E-state index contributed by atoms with van der Waals surface area (Å²) in [5, 5.41) is 20.7. The highest BCUT2D eigenvalue weighted by atomic mass is 31.2. The van der Waals surface area contributed by atoms with Crippen LogP contribution in [0.4, 0.5) is 0 Å². The Morgan fingerprint density at radius 3 is 1.33 bits per heavy atom. The molecule has 0 saturated carbocycles. The number of hydrogen-bond donors (Lipinski definition) is 5. The maximum atomic E-state index is 10.8. The van der Waals surface area contributed by atoms with E-state index in [1.165, 1.54) is 0 Å². The van der Waals surface area contributed by atoms with E-state index in [4.69, 9.17) is 14.7 Å². The van der Waals surface area contributed by atoms with Gasteiger partial charge >= 0.3 is 8.60 Å². The summed E-state index contributed by atoms with van der Waals surface area (Å²) < 4.78 is 0. The van der Waals surface area contributed by atoms with Crippen molar-refractivity contribution in [3.63, 3.8) is 0 Å². The second kappa shape index (κ2) is 8.20. The van der Waals surface area contributed by atoms with Crippen LogP contribution in [0.25, 0.3) is 0 Å². The summed E-state index contributed by atoms with van der Waals surface area (Å²) in [6, 6.07) is 18.5. The van der Waals surface area contributed by atoms with E-state index in [0.29, 0.717) is 11.1 Å². The molecule has 0 aromatic heterocycles. The fourth-order valence-electron chi connectivity index (χ4n) is 2.03. The van der Waals surface area contributed by atoms with Crippen molar-refractivity contribution in [1.82, 2.24) is 0 Å². The lowest BCUT2D eigenvalue weighted by molar-refractivity contribution is -0.0394. The normalized spacial score (nSPS) is 12.5. The summed E-state index contributed by atoms with van der Waals surface area (Å²) in [6.45, 7) is 1.60. The van der Waals surface area contributed by atoms with Crippen LogP contribution in [0, 0.1) is 0 Å². The van der Waals surface area contributed by atoms with Gasteiger partial charge in [-0.1, -0.05) is 60.7 Å². The van der Waals surface area contributed by atoms with Crippen molar-refractivity contribution in [3.8, 4) is 0 Å².